The first-order chi connectivity index (χ1) is 10.0. The van der Waals surface area contributed by atoms with Crippen molar-refractivity contribution in [2.24, 2.45) is 0 Å². The van der Waals surface area contributed by atoms with Crippen LogP contribution in [0.15, 0.2) is 18.2 Å². The topological polar surface area (TPSA) is 90.3 Å². The normalized spacial score (nSPS) is 10.1. The molecule has 0 aliphatic carbocycles. The number of hydrogen-bond acceptors (Lipinski definition) is 7. The monoisotopic (exact) mass is 289 g/mol. The lowest BCUT2D eigenvalue weighted by molar-refractivity contribution is 0.0980. The smallest absolute Gasteiger partial charge is 0.297 e. The van der Waals surface area contributed by atoms with Gasteiger partial charge in [-0.1, -0.05) is 0 Å². The van der Waals surface area contributed by atoms with Gasteiger partial charge >= 0.3 is 0 Å². The lowest BCUT2D eigenvalue weighted by Gasteiger charge is -2.15. The zero-order valence-electron chi connectivity index (χ0n) is 12.2. The van der Waals surface area contributed by atoms with Crippen LogP contribution in [0.1, 0.15) is 16.3 Å². The predicted molar refractivity (Wildman–Crippen MR) is 74.6 cm³/mol. The van der Waals surface area contributed by atoms with Gasteiger partial charge in [-0.15, -0.1) is 5.10 Å². The summed E-state index contributed by atoms with van der Waals surface area (Å²) in [6, 6.07) is 4.94. The van der Waals surface area contributed by atoms with Gasteiger partial charge in [-0.25, -0.2) is 0 Å². The van der Waals surface area contributed by atoms with Crippen LogP contribution in [-0.4, -0.2) is 47.3 Å². The number of anilines is 1. The van der Waals surface area contributed by atoms with Crippen molar-refractivity contribution in [1.29, 1.82) is 0 Å². The fourth-order valence-corrected chi connectivity index (χ4v) is 1.53. The van der Waals surface area contributed by atoms with Gasteiger partial charge in [0.25, 0.3) is 5.91 Å². The van der Waals surface area contributed by atoms with Crippen LogP contribution in [0.4, 0.5) is 5.82 Å². The molecule has 21 heavy (non-hydrogen) atoms. The SMILES string of the molecule is COc1cc(OC)nc(C(=O)N(C)c2ccc(C)nn2)n1. The molecule has 0 spiro atoms. The van der Waals surface area contributed by atoms with E-state index in [4.69, 9.17) is 9.47 Å². The van der Waals surface area contributed by atoms with E-state index in [2.05, 4.69) is 20.2 Å². The molecule has 0 fully saturated rings. The van der Waals surface area contributed by atoms with E-state index in [1.165, 1.54) is 25.2 Å². The third-order valence-electron chi connectivity index (χ3n) is 2.72. The molecule has 2 heterocycles. The second-order valence-corrected chi connectivity index (χ2v) is 4.17. The van der Waals surface area contributed by atoms with Crippen LogP contribution in [0.25, 0.3) is 0 Å². The van der Waals surface area contributed by atoms with Gasteiger partial charge in [0.05, 0.1) is 26.0 Å². The molecule has 0 aliphatic heterocycles. The van der Waals surface area contributed by atoms with Gasteiger partial charge in [-0.3, -0.25) is 9.69 Å². The van der Waals surface area contributed by atoms with Crippen LogP contribution in [0.3, 0.4) is 0 Å². The van der Waals surface area contributed by atoms with Crippen molar-refractivity contribution < 1.29 is 14.3 Å². The number of hydrogen-bond donors (Lipinski definition) is 0. The Bertz CT molecular complexity index is 623. The van der Waals surface area contributed by atoms with E-state index in [0.717, 1.165) is 5.69 Å². The molecule has 0 aromatic carbocycles. The van der Waals surface area contributed by atoms with Crippen molar-refractivity contribution in [1.82, 2.24) is 20.2 Å². The molecule has 0 N–H and O–H groups in total. The molecule has 110 valence electrons. The van der Waals surface area contributed by atoms with Crippen LogP contribution in [0, 0.1) is 6.92 Å². The Morgan fingerprint density at radius 1 is 1.10 bits per heavy atom. The second kappa shape index (κ2) is 6.12. The summed E-state index contributed by atoms with van der Waals surface area (Å²) in [4.78, 5) is 21.7. The minimum atomic E-state index is -0.439. The van der Waals surface area contributed by atoms with Crippen molar-refractivity contribution in [2.45, 2.75) is 6.92 Å². The van der Waals surface area contributed by atoms with Crippen LogP contribution < -0.4 is 14.4 Å². The lowest BCUT2D eigenvalue weighted by Crippen LogP contribution is -2.29. The molecule has 2 aromatic heterocycles. The molecule has 8 heteroatoms. The highest BCUT2D eigenvalue weighted by molar-refractivity contribution is 6.02. The Hall–Kier alpha value is -2.77. The highest BCUT2D eigenvalue weighted by Crippen LogP contribution is 2.17. The van der Waals surface area contributed by atoms with E-state index in [1.807, 2.05) is 6.92 Å². The quantitative estimate of drug-likeness (QED) is 0.824. The number of carbonyl (C=O) groups excluding carboxylic acids is 1. The number of nitrogens with zero attached hydrogens (tertiary/aromatic N) is 5. The highest BCUT2D eigenvalue weighted by atomic mass is 16.5. The average molecular weight is 289 g/mol. The number of aryl methyl sites for hydroxylation is 1. The minimum Gasteiger partial charge on any atom is -0.481 e. The second-order valence-electron chi connectivity index (χ2n) is 4.17. The van der Waals surface area contributed by atoms with Crippen molar-refractivity contribution in [3.8, 4) is 11.8 Å². The zero-order valence-corrected chi connectivity index (χ0v) is 12.2. The molecular formula is C13H15N5O3. The predicted octanol–water partition coefficient (Wildman–Crippen LogP) is 0.869. The molecule has 2 rings (SSSR count). The fourth-order valence-electron chi connectivity index (χ4n) is 1.53. The molecule has 0 unspecified atom stereocenters. The van der Waals surface area contributed by atoms with Crippen LogP contribution >= 0.6 is 0 Å². The summed E-state index contributed by atoms with van der Waals surface area (Å²) in [5.74, 6) is 0.402. The number of rotatable bonds is 4. The molecule has 0 aliphatic rings. The fraction of sp³-hybridized carbons (Fsp3) is 0.308. The van der Waals surface area contributed by atoms with Gasteiger partial charge < -0.3 is 9.47 Å². The van der Waals surface area contributed by atoms with Crippen molar-refractivity contribution in [3.63, 3.8) is 0 Å². The largest absolute Gasteiger partial charge is 0.481 e. The summed E-state index contributed by atoms with van der Waals surface area (Å²) in [5, 5.41) is 7.86. The van der Waals surface area contributed by atoms with E-state index >= 15 is 0 Å². The molecular weight excluding hydrogens is 274 g/mol. The van der Waals surface area contributed by atoms with E-state index in [1.54, 1.807) is 19.2 Å². The summed E-state index contributed by atoms with van der Waals surface area (Å²) in [6.07, 6.45) is 0. The summed E-state index contributed by atoms with van der Waals surface area (Å²) < 4.78 is 10.0. The van der Waals surface area contributed by atoms with Crippen LogP contribution in [0.2, 0.25) is 0 Å². The average Bonchev–Trinajstić information content (AvgIpc) is 2.53. The molecule has 8 nitrogen and oxygen atoms in total. The molecule has 0 radical (unpaired) electrons. The van der Waals surface area contributed by atoms with Crippen molar-refractivity contribution >= 4 is 11.7 Å². The Balaban J connectivity index is 2.32. The molecule has 0 bridgehead atoms. The van der Waals surface area contributed by atoms with Crippen LogP contribution in [0.5, 0.6) is 11.8 Å². The summed E-state index contributed by atoms with van der Waals surface area (Å²) in [7, 11) is 4.47. The summed E-state index contributed by atoms with van der Waals surface area (Å²) in [6.45, 7) is 1.81. The van der Waals surface area contributed by atoms with E-state index in [0.29, 0.717) is 5.82 Å². The maximum Gasteiger partial charge on any atom is 0.297 e. The minimum absolute atomic E-state index is 0.0453. The van der Waals surface area contributed by atoms with E-state index in [9.17, 15) is 4.79 Å². The molecule has 0 saturated heterocycles. The molecule has 2 aromatic rings. The number of methoxy groups -OCH3 is 2. The number of amides is 1. The third-order valence-corrected chi connectivity index (χ3v) is 2.72. The highest BCUT2D eigenvalue weighted by Gasteiger charge is 2.20. The van der Waals surface area contributed by atoms with E-state index < -0.39 is 5.91 Å². The van der Waals surface area contributed by atoms with Gasteiger partial charge in [0.15, 0.2) is 5.82 Å². The summed E-state index contributed by atoms with van der Waals surface area (Å²) in [5.41, 5.74) is 0.763. The Morgan fingerprint density at radius 3 is 2.19 bits per heavy atom. The Morgan fingerprint density at radius 2 is 1.71 bits per heavy atom. The molecule has 1 amide bonds. The first-order valence-electron chi connectivity index (χ1n) is 6.10. The van der Waals surface area contributed by atoms with Crippen LogP contribution in [-0.2, 0) is 0 Å². The van der Waals surface area contributed by atoms with Crippen molar-refractivity contribution in [3.05, 3.63) is 29.7 Å². The lowest BCUT2D eigenvalue weighted by atomic mass is 10.4. The number of ether oxygens (including phenoxy) is 2. The first-order valence-corrected chi connectivity index (χ1v) is 6.10. The molecule has 0 atom stereocenters. The first kappa shape index (κ1) is 14.6. The van der Waals surface area contributed by atoms with Gasteiger partial charge in [0.2, 0.25) is 17.6 Å². The van der Waals surface area contributed by atoms with E-state index in [-0.39, 0.29) is 17.6 Å². The Kier molecular flexibility index (Phi) is 4.27. The van der Waals surface area contributed by atoms with Gasteiger partial charge in [-0.2, -0.15) is 15.1 Å². The number of aromatic nitrogens is 4. The molecule has 0 saturated carbocycles. The summed E-state index contributed by atoms with van der Waals surface area (Å²) >= 11 is 0. The Labute approximate surface area is 121 Å². The maximum absolute atomic E-state index is 12.4. The van der Waals surface area contributed by atoms with Gasteiger partial charge in [-0.05, 0) is 19.1 Å². The zero-order chi connectivity index (χ0) is 15.4. The van der Waals surface area contributed by atoms with Gasteiger partial charge in [0.1, 0.15) is 0 Å². The van der Waals surface area contributed by atoms with Gasteiger partial charge in [0, 0.05) is 7.05 Å². The number of carbonyl (C=O) groups is 1. The third kappa shape index (κ3) is 3.22. The van der Waals surface area contributed by atoms with Crippen molar-refractivity contribution in [2.75, 3.05) is 26.2 Å². The maximum atomic E-state index is 12.4. The standard InChI is InChI=1S/C13H15N5O3/c1-8-5-6-9(17-16-8)18(2)13(19)12-14-10(20-3)7-11(15-12)21-4/h5-7H,1-4H3.